The zero-order valence-corrected chi connectivity index (χ0v) is 7.35. The number of hydrogen-bond donors (Lipinski definition) is 1. The molecule has 2 nitrogen and oxygen atoms in total. The van der Waals surface area contributed by atoms with Crippen molar-refractivity contribution in [3.8, 4) is 5.75 Å². The number of phenolic OH excluding ortho intramolecular Hbond substituents is 1. The van der Waals surface area contributed by atoms with Crippen LogP contribution in [0.3, 0.4) is 0 Å². The third-order valence-electron chi connectivity index (χ3n) is 1.62. The van der Waals surface area contributed by atoms with Crippen LogP contribution in [-0.2, 0) is 0 Å². The topological polar surface area (TPSA) is 33.1 Å². The molecule has 0 saturated heterocycles. The molecular formula is C8H6BNOS. The number of rotatable bonds is 0. The predicted molar refractivity (Wildman–Crippen MR) is 51.4 cm³/mol. The summed E-state index contributed by atoms with van der Waals surface area (Å²) in [6.07, 6.45) is 0. The molecule has 58 valence electrons. The normalized spacial score (nSPS) is 10.8. The Bertz CT molecular complexity index is 438. The van der Waals surface area contributed by atoms with E-state index in [0.717, 1.165) is 15.2 Å². The van der Waals surface area contributed by atoms with Gasteiger partial charge in [-0.25, -0.2) is 4.98 Å². The molecule has 1 aromatic carbocycles. The minimum absolute atomic E-state index is 0.198. The number of aromatic nitrogens is 1. The maximum atomic E-state index is 9.22. The van der Waals surface area contributed by atoms with Crippen molar-refractivity contribution in [1.29, 1.82) is 0 Å². The minimum Gasteiger partial charge on any atom is -0.508 e. The molecule has 0 aliphatic carbocycles. The molecule has 0 aliphatic heterocycles. The van der Waals surface area contributed by atoms with E-state index in [2.05, 4.69) is 4.98 Å². The molecule has 1 heterocycles. The van der Waals surface area contributed by atoms with E-state index in [9.17, 15) is 5.11 Å². The summed E-state index contributed by atoms with van der Waals surface area (Å²) >= 11 is 1.53. The summed E-state index contributed by atoms with van der Waals surface area (Å²) in [5.74, 6) is 0.198. The van der Waals surface area contributed by atoms with Gasteiger partial charge in [0.05, 0.1) is 15.2 Å². The molecule has 2 aromatic rings. The molecule has 1 aromatic heterocycles. The first kappa shape index (κ1) is 7.62. The zero-order chi connectivity index (χ0) is 8.72. The first-order valence-corrected chi connectivity index (χ1v) is 4.34. The van der Waals surface area contributed by atoms with Gasteiger partial charge < -0.3 is 5.11 Å². The Morgan fingerprint density at radius 2 is 2.25 bits per heavy atom. The van der Waals surface area contributed by atoms with Gasteiger partial charge in [0, 0.05) is 0 Å². The van der Waals surface area contributed by atoms with Crippen LogP contribution in [0.5, 0.6) is 5.75 Å². The van der Waals surface area contributed by atoms with Crippen LogP contribution in [0.1, 0.15) is 5.01 Å². The quantitative estimate of drug-likeness (QED) is 0.608. The van der Waals surface area contributed by atoms with Gasteiger partial charge >= 0.3 is 0 Å². The van der Waals surface area contributed by atoms with Crippen molar-refractivity contribution in [2.75, 3.05) is 0 Å². The Morgan fingerprint density at radius 1 is 1.50 bits per heavy atom. The van der Waals surface area contributed by atoms with Crippen molar-refractivity contribution < 1.29 is 5.11 Å². The summed E-state index contributed by atoms with van der Waals surface area (Å²) in [6, 6.07) is 3.19. The number of phenols is 1. The smallest absolute Gasteiger partial charge is 0.117 e. The fourth-order valence-corrected chi connectivity index (χ4v) is 2.05. The van der Waals surface area contributed by atoms with Crippen LogP contribution in [0.4, 0.5) is 0 Å². The summed E-state index contributed by atoms with van der Waals surface area (Å²) in [7, 11) is 5.65. The molecule has 0 fully saturated rings. The highest BCUT2D eigenvalue weighted by Crippen LogP contribution is 2.23. The van der Waals surface area contributed by atoms with Crippen molar-refractivity contribution in [2.24, 2.45) is 0 Å². The second kappa shape index (κ2) is 2.49. The lowest BCUT2D eigenvalue weighted by Crippen LogP contribution is -2.02. The average molecular weight is 175 g/mol. The van der Waals surface area contributed by atoms with E-state index in [4.69, 9.17) is 7.85 Å². The van der Waals surface area contributed by atoms with Crippen LogP contribution in [0.15, 0.2) is 12.1 Å². The first-order valence-electron chi connectivity index (χ1n) is 3.52. The van der Waals surface area contributed by atoms with Gasteiger partial charge in [0.25, 0.3) is 0 Å². The number of thiazole rings is 1. The summed E-state index contributed by atoms with van der Waals surface area (Å²) in [4.78, 5) is 4.24. The lowest BCUT2D eigenvalue weighted by atomic mass is 9.95. The average Bonchev–Trinajstić information content (AvgIpc) is 2.29. The Labute approximate surface area is 75.3 Å². The van der Waals surface area contributed by atoms with Crippen molar-refractivity contribution in [3.63, 3.8) is 0 Å². The Kier molecular flexibility index (Phi) is 1.58. The molecule has 1 N–H and O–H groups in total. The lowest BCUT2D eigenvalue weighted by molar-refractivity contribution is 0.476. The highest BCUT2D eigenvalue weighted by Gasteiger charge is 2.03. The van der Waals surface area contributed by atoms with Gasteiger partial charge in [0.15, 0.2) is 0 Å². The van der Waals surface area contributed by atoms with Crippen LogP contribution in [-0.4, -0.2) is 17.9 Å². The molecule has 0 atom stereocenters. The van der Waals surface area contributed by atoms with Gasteiger partial charge in [-0.15, -0.1) is 11.3 Å². The van der Waals surface area contributed by atoms with Crippen LogP contribution in [0.25, 0.3) is 10.2 Å². The summed E-state index contributed by atoms with van der Waals surface area (Å²) in [6.45, 7) is 1.92. The highest BCUT2D eigenvalue weighted by atomic mass is 32.1. The summed E-state index contributed by atoms with van der Waals surface area (Å²) in [5.41, 5.74) is 1.32. The number of aromatic hydroxyl groups is 1. The van der Waals surface area contributed by atoms with Crippen LogP contribution in [0.2, 0.25) is 0 Å². The van der Waals surface area contributed by atoms with Gasteiger partial charge in [0.2, 0.25) is 0 Å². The van der Waals surface area contributed by atoms with Crippen LogP contribution < -0.4 is 5.46 Å². The fraction of sp³-hybridized carbons (Fsp3) is 0.125. The van der Waals surface area contributed by atoms with Gasteiger partial charge in [-0.1, -0.05) is 5.46 Å². The van der Waals surface area contributed by atoms with Crippen LogP contribution in [0, 0.1) is 6.92 Å². The van der Waals surface area contributed by atoms with Crippen LogP contribution >= 0.6 is 11.3 Å². The molecule has 0 unspecified atom stereocenters. The fourth-order valence-electron chi connectivity index (χ4n) is 1.15. The second-order valence-electron chi connectivity index (χ2n) is 2.61. The van der Waals surface area contributed by atoms with Crippen molar-refractivity contribution in [3.05, 3.63) is 17.1 Å². The standard InChI is InChI=1S/C8H6BNOS/c1-4-10-8-6(9)2-5(11)3-7(8)12-4/h2-3,11H,1H3. The monoisotopic (exact) mass is 175 g/mol. The minimum atomic E-state index is 0.198. The SMILES string of the molecule is [B]c1cc(O)cc2sc(C)nc12. The maximum Gasteiger partial charge on any atom is 0.117 e. The van der Waals surface area contributed by atoms with E-state index in [1.54, 1.807) is 6.07 Å². The Hall–Kier alpha value is -1.03. The molecule has 0 spiro atoms. The number of hydrogen-bond acceptors (Lipinski definition) is 3. The van der Waals surface area contributed by atoms with Gasteiger partial charge in [-0.2, -0.15) is 0 Å². The van der Waals surface area contributed by atoms with Gasteiger partial charge in [0.1, 0.15) is 13.6 Å². The first-order chi connectivity index (χ1) is 5.66. The van der Waals surface area contributed by atoms with E-state index >= 15 is 0 Å². The lowest BCUT2D eigenvalue weighted by Gasteiger charge is -1.95. The van der Waals surface area contributed by atoms with E-state index < -0.39 is 0 Å². The van der Waals surface area contributed by atoms with E-state index in [-0.39, 0.29) is 5.75 Å². The summed E-state index contributed by atoms with van der Waals surface area (Å²) < 4.78 is 0.935. The Morgan fingerprint density at radius 3 is 3.00 bits per heavy atom. The molecule has 2 rings (SSSR count). The van der Waals surface area contributed by atoms with Crippen molar-refractivity contribution >= 4 is 34.9 Å². The molecule has 0 aliphatic rings. The zero-order valence-electron chi connectivity index (χ0n) is 6.53. The van der Waals surface area contributed by atoms with Gasteiger partial charge in [-0.3, -0.25) is 0 Å². The molecule has 0 saturated carbocycles. The maximum absolute atomic E-state index is 9.22. The highest BCUT2D eigenvalue weighted by molar-refractivity contribution is 7.18. The molecule has 12 heavy (non-hydrogen) atoms. The van der Waals surface area contributed by atoms with Crippen molar-refractivity contribution in [1.82, 2.24) is 4.98 Å². The predicted octanol–water partition coefficient (Wildman–Crippen LogP) is 1.10. The Balaban J connectivity index is 2.88. The number of benzene rings is 1. The number of aryl methyl sites for hydroxylation is 1. The van der Waals surface area contributed by atoms with Gasteiger partial charge in [-0.05, 0) is 19.1 Å². The van der Waals surface area contributed by atoms with E-state index in [1.165, 1.54) is 17.4 Å². The largest absolute Gasteiger partial charge is 0.508 e. The second-order valence-corrected chi connectivity index (χ2v) is 3.85. The molecule has 2 radical (unpaired) electrons. The molecule has 0 amide bonds. The molecule has 0 bridgehead atoms. The number of nitrogens with zero attached hydrogens (tertiary/aromatic N) is 1. The third kappa shape index (κ3) is 1.08. The third-order valence-corrected chi connectivity index (χ3v) is 2.53. The van der Waals surface area contributed by atoms with E-state index in [0.29, 0.717) is 5.46 Å². The molecule has 4 heteroatoms. The number of fused-ring (bicyclic) bond motifs is 1. The van der Waals surface area contributed by atoms with Crippen molar-refractivity contribution in [2.45, 2.75) is 6.92 Å². The van der Waals surface area contributed by atoms with E-state index in [1.807, 2.05) is 6.92 Å². The molecular weight excluding hydrogens is 169 g/mol. The summed E-state index contributed by atoms with van der Waals surface area (Å²) in [5, 5.41) is 10.2.